The Morgan fingerprint density at radius 1 is 0.964 bits per heavy atom. The van der Waals surface area contributed by atoms with Crippen molar-refractivity contribution in [3.8, 4) is 0 Å². The Morgan fingerprint density at radius 2 is 1.68 bits per heavy atom. The Bertz CT molecular complexity index is 695. The molecule has 0 heterocycles. The van der Waals surface area contributed by atoms with E-state index in [2.05, 4.69) is 4.74 Å². The van der Waals surface area contributed by atoms with E-state index in [0.29, 0.717) is 24.8 Å². The van der Waals surface area contributed by atoms with Gasteiger partial charge in [0.05, 0.1) is 12.2 Å². The molecule has 2 N–H and O–H groups in total. The third-order valence-corrected chi connectivity index (χ3v) is 3.98. The molecule has 0 unspecified atom stereocenters. The number of aliphatic hydroxyl groups is 2. The van der Waals surface area contributed by atoms with Gasteiger partial charge in [-0.2, -0.15) is 0 Å². The van der Waals surface area contributed by atoms with Gasteiger partial charge in [-0.05, 0) is 31.2 Å². The fraction of sp³-hybridized carbons (Fsp3) is 0.500. The molecule has 0 aromatic heterocycles. The number of hydrogen-bond donors (Lipinski definition) is 2. The van der Waals surface area contributed by atoms with Gasteiger partial charge in [0.1, 0.15) is 13.2 Å². The van der Waals surface area contributed by atoms with Crippen molar-refractivity contribution in [3.63, 3.8) is 0 Å². The Hall–Kier alpha value is -2.58. The summed E-state index contributed by atoms with van der Waals surface area (Å²) in [5.74, 6) is -3.06. The normalized spacial score (nSPS) is 10.4. The number of ether oxygens (including phenoxy) is 2. The second-order valence-corrected chi connectivity index (χ2v) is 6.12. The standard InChI is InChI=1S/C20H26O8/c1-2-3-7-14-8-6-9-15(19(14)20(26)28-18(25)13-22)16(23)10-4-5-11-27-17(24)12-21/h6,8-9,21-22H,2-5,7,10-13H2,1H3. The van der Waals surface area contributed by atoms with Crippen LogP contribution >= 0.6 is 0 Å². The topological polar surface area (TPSA) is 127 Å². The molecule has 154 valence electrons. The Labute approximate surface area is 163 Å². The Balaban J connectivity index is 2.90. The van der Waals surface area contributed by atoms with Gasteiger partial charge in [0.25, 0.3) is 0 Å². The van der Waals surface area contributed by atoms with Gasteiger partial charge in [0, 0.05) is 12.0 Å². The average molecular weight is 394 g/mol. The van der Waals surface area contributed by atoms with E-state index in [1.165, 1.54) is 6.07 Å². The maximum Gasteiger partial charge on any atom is 0.346 e. The minimum absolute atomic E-state index is 0.0504. The molecule has 28 heavy (non-hydrogen) atoms. The fourth-order valence-corrected chi connectivity index (χ4v) is 2.59. The van der Waals surface area contributed by atoms with Gasteiger partial charge in [-0.3, -0.25) is 4.79 Å². The van der Waals surface area contributed by atoms with E-state index < -0.39 is 31.1 Å². The fourth-order valence-electron chi connectivity index (χ4n) is 2.59. The number of benzene rings is 1. The number of carbonyl (C=O) groups excluding carboxylic acids is 4. The van der Waals surface area contributed by atoms with Gasteiger partial charge in [0.2, 0.25) is 0 Å². The van der Waals surface area contributed by atoms with Crippen LogP contribution in [0.15, 0.2) is 18.2 Å². The second kappa shape index (κ2) is 12.7. The maximum absolute atomic E-state index is 12.6. The Kier molecular flexibility index (Phi) is 10.7. The SMILES string of the molecule is CCCCc1cccc(C(=O)CCCCOC(=O)CO)c1C(=O)OC(=O)CO. The first-order valence-electron chi connectivity index (χ1n) is 9.22. The van der Waals surface area contributed by atoms with Crippen molar-refractivity contribution in [3.05, 3.63) is 34.9 Å². The van der Waals surface area contributed by atoms with Gasteiger partial charge < -0.3 is 19.7 Å². The lowest BCUT2D eigenvalue weighted by atomic mass is 9.93. The minimum atomic E-state index is -1.08. The molecule has 0 bridgehead atoms. The van der Waals surface area contributed by atoms with E-state index in [1.54, 1.807) is 12.1 Å². The van der Waals surface area contributed by atoms with Crippen molar-refractivity contribution in [1.82, 2.24) is 0 Å². The van der Waals surface area contributed by atoms with E-state index >= 15 is 0 Å². The molecule has 1 rings (SSSR count). The smallest absolute Gasteiger partial charge is 0.346 e. The van der Waals surface area contributed by atoms with Crippen LogP contribution in [0.25, 0.3) is 0 Å². The number of aliphatic hydroxyl groups excluding tert-OH is 2. The number of esters is 3. The van der Waals surface area contributed by atoms with Crippen LogP contribution in [0.2, 0.25) is 0 Å². The average Bonchev–Trinajstić information content (AvgIpc) is 2.70. The first kappa shape index (κ1) is 23.5. The van der Waals surface area contributed by atoms with Gasteiger partial charge in [-0.25, -0.2) is 14.4 Å². The van der Waals surface area contributed by atoms with E-state index in [-0.39, 0.29) is 29.9 Å². The van der Waals surface area contributed by atoms with Crippen molar-refractivity contribution in [2.75, 3.05) is 19.8 Å². The van der Waals surface area contributed by atoms with Crippen LogP contribution in [-0.4, -0.2) is 53.7 Å². The Morgan fingerprint density at radius 3 is 2.32 bits per heavy atom. The summed E-state index contributed by atoms with van der Waals surface area (Å²) in [4.78, 5) is 47.2. The number of carbonyl (C=O) groups is 4. The molecule has 1 aromatic rings. The zero-order chi connectivity index (χ0) is 20.9. The van der Waals surface area contributed by atoms with E-state index in [1.807, 2.05) is 6.92 Å². The highest BCUT2D eigenvalue weighted by atomic mass is 16.6. The van der Waals surface area contributed by atoms with E-state index in [4.69, 9.17) is 14.9 Å². The number of unbranched alkanes of at least 4 members (excludes halogenated alkanes) is 2. The van der Waals surface area contributed by atoms with Crippen LogP contribution in [0.1, 0.15) is 65.3 Å². The largest absolute Gasteiger partial charge is 0.464 e. The van der Waals surface area contributed by atoms with Crippen molar-refractivity contribution in [1.29, 1.82) is 0 Å². The molecule has 0 spiro atoms. The van der Waals surface area contributed by atoms with Crippen molar-refractivity contribution < 1.29 is 38.9 Å². The molecular weight excluding hydrogens is 368 g/mol. The zero-order valence-corrected chi connectivity index (χ0v) is 15.9. The number of ketones is 1. The van der Waals surface area contributed by atoms with Crippen molar-refractivity contribution in [2.45, 2.75) is 45.4 Å². The lowest BCUT2D eigenvalue weighted by Crippen LogP contribution is -2.20. The second-order valence-electron chi connectivity index (χ2n) is 6.12. The molecule has 0 atom stereocenters. The van der Waals surface area contributed by atoms with Gasteiger partial charge in [-0.1, -0.05) is 31.5 Å². The lowest BCUT2D eigenvalue weighted by molar-refractivity contribution is -0.147. The molecule has 0 amide bonds. The summed E-state index contributed by atoms with van der Waals surface area (Å²) in [6.07, 6.45) is 3.18. The summed E-state index contributed by atoms with van der Waals surface area (Å²) >= 11 is 0. The van der Waals surface area contributed by atoms with Crippen LogP contribution in [0.3, 0.4) is 0 Å². The monoisotopic (exact) mass is 394 g/mol. The van der Waals surface area contributed by atoms with Crippen LogP contribution < -0.4 is 0 Å². The number of hydrogen-bond acceptors (Lipinski definition) is 8. The van der Waals surface area contributed by atoms with E-state index in [0.717, 1.165) is 12.8 Å². The van der Waals surface area contributed by atoms with Crippen LogP contribution in [0.5, 0.6) is 0 Å². The van der Waals surface area contributed by atoms with Gasteiger partial charge >= 0.3 is 17.9 Å². The molecule has 8 heteroatoms. The predicted molar refractivity (Wildman–Crippen MR) is 98.8 cm³/mol. The first-order chi connectivity index (χ1) is 13.4. The molecule has 0 saturated heterocycles. The third-order valence-electron chi connectivity index (χ3n) is 3.98. The molecule has 0 saturated carbocycles. The summed E-state index contributed by atoms with van der Waals surface area (Å²) in [5, 5.41) is 17.4. The molecular formula is C20H26O8. The molecule has 0 aliphatic heterocycles. The highest BCUT2D eigenvalue weighted by Gasteiger charge is 2.23. The summed E-state index contributed by atoms with van der Waals surface area (Å²) in [5.41, 5.74) is 0.825. The van der Waals surface area contributed by atoms with Crippen molar-refractivity contribution in [2.24, 2.45) is 0 Å². The summed E-state index contributed by atoms with van der Waals surface area (Å²) in [6.45, 7) is 0.454. The maximum atomic E-state index is 12.6. The summed E-state index contributed by atoms with van der Waals surface area (Å²) < 4.78 is 9.34. The third kappa shape index (κ3) is 7.58. The molecule has 0 aliphatic rings. The summed E-state index contributed by atoms with van der Waals surface area (Å²) in [6, 6.07) is 4.89. The number of aryl methyl sites for hydroxylation is 1. The highest BCUT2D eigenvalue weighted by molar-refractivity contribution is 6.09. The lowest BCUT2D eigenvalue weighted by Gasteiger charge is -2.13. The van der Waals surface area contributed by atoms with Crippen LogP contribution in [0, 0.1) is 0 Å². The molecule has 0 fully saturated rings. The number of rotatable bonds is 12. The molecule has 0 aliphatic carbocycles. The quantitative estimate of drug-likeness (QED) is 0.237. The van der Waals surface area contributed by atoms with E-state index in [9.17, 15) is 19.2 Å². The minimum Gasteiger partial charge on any atom is -0.464 e. The van der Waals surface area contributed by atoms with Crippen molar-refractivity contribution >= 4 is 23.7 Å². The number of Topliss-reactive ketones (excluding diaryl/α,β-unsaturated/α-hetero) is 1. The summed E-state index contributed by atoms with van der Waals surface area (Å²) in [7, 11) is 0. The first-order valence-corrected chi connectivity index (χ1v) is 9.22. The molecule has 0 radical (unpaired) electrons. The van der Waals surface area contributed by atoms with Gasteiger partial charge in [-0.15, -0.1) is 0 Å². The van der Waals surface area contributed by atoms with Gasteiger partial charge in [0.15, 0.2) is 5.78 Å². The molecule has 1 aromatic carbocycles. The van der Waals surface area contributed by atoms with Crippen LogP contribution in [-0.2, 0) is 25.5 Å². The van der Waals surface area contributed by atoms with Crippen LogP contribution in [0.4, 0.5) is 0 Å². The predicted octanol–water partition coefficient (Wildman–Crippen LogP) is 1.59. The highest BCUT2D eigenvalue weighted by Crippen LogP contribution is 2.21. The molecule has 8 nitrogen and oxygen atoms in total. The zero-order valence-electron chi connectivity index (χ0n) is 15.9.